The molecule has 0 unspecified atom stereocenters. The minimum absolute atomic E-state index is 0.0810. The van der Waals surface area contributed by atoms with Crippen molar-refractivity contribution in [3.05, 3.63) is 58.6 Å². The minimum Gasteiger partial charge on any atom is -0.496 e. The van der Waals surface area contributed by atoms with E-state index >= 15 is 0 Å². The molecule has 0 bridgehead atoms. The Kier molecular flexibility index (Phi) is 6.71. The maximum absolute atomic E-state index is 12.5. The number of amides is 1. The minimum atomic E-state index is -0.619. The number of carbonyl (C=O) groups excluding carboxylic acids is 1. The molecule has 2 atom stereocenters. The number of ether oxygens (including phenoxy) is 2. The third-order valence-electron chi connectivity index (χ3n) is 4.02. The summed E-state index contributed by atoms with van der Waals surface area (Å²) in [7, 11) is 1.65. The van der Waals surface area contributed by atoms with Gasteiger partial charge in [-0.25, -0.2) is 0 Å². The second-order valence-corrected chi connectivity index (χ2v) is 6.35. The van der Waals surface area contributed by atoms with Gasteiger partial charge < -0.3 is 14.8 Å². The summed E-state index contributed by atoms with van der Waals surface area (Å²) in [5.41, 5.74) is 2.08. The zero-order chi connectivity index (χ0) is 18.4. The molecule has 0 aliphatic heterocycles. The van der Waals surface area contributed by atoms with E-state index in [0.717, 1.165) is 23.3 Å². The summed E-state index contributed by atoms with van der Waals surface area (Å²) in [5, 5.41) is 3.62. The van der Waals surface area contributed by atoms with Crippen LogP contribution in [0.25, 0.3) is 0 Å². The Morgan fingerprint density at radius 1 is 1.24 bits per heavy atom. The average molecular weight is 362 g/mol. The third kappa shape index (κ3) is 5.13. The van der Waals surface area contributed by atoms with Gasteiger partial charge in [0.05, 0.1) is 13.2 Å². The van der Waals surface area contributed by atoms with Crippen molar-refractivity contribution in [2.75, 3.05) is 7.11 Å². The van der Waals surface area contributed by atoms with Crippen LogP contribution in [0, 0.1) is 6.92 Å². The number of nitrogens with one attached hydrogen (secondary N) is 1. The molecule has 0 fully saturated rings. The standard InChI is InChI=1S/C20H24ClNO3/c1-5-18(15-9-10-19(24-4)13(2)11-15)22-20(23)14(3)25-17-8-6-7-16(21)12-17/h6-12,14,18H,5H2,1-4H3,(H,22,23)/t14-,18+/m0/s1. The van der Waals surface area contributed by atoms with Crippen LogP contribution in [-0.2, 0) is 4.79 Å². The first-order valence-corrected chi connectivity index (χ1v) is 8.69. The molecule has 4 nitrogen and oxygen atoms in total. The van der Waals surface area contributed by atoms with E-state index in [-0.39, 0.29) is 11.9 Å². The molecule has 0 saturated heterocycles. The van der Waals surface area contributed by atoms with E-state index in [9.17, 15) is 4.79 Å². The number of methoxy groups -OCH3 is 1. The molecule has 134 valence electrons. The summed E-state index contributed by atoms with van der Waals surface area (Å²) in [6, 6.07) is 12.9. The van der Waals surface area contributed by atoms with Crippen LogP contribution < -0.4 is 14.8 Å². The highest BCUT2D eigenvalue weighted by Crippen LogP contribution is 2.24. The van der Waals surface area contributed by atoms with Crippen molar-refractivity contribution in [1.82, 2.24) is 5.32 Å². The first kappa shape index (κ1) is 19.1. The van der Waals surface area contributed by atoms with Crippen LogP contribution in [0.15, 0.2) is 42.5 Å². The fourth-order valence-electron chi connectivity index (χ4n) is 2.63. The van der Waals surface area contributed by atoms with E-state index in [4.69, 9.17) is 21.1 Å². The fraction of sp³-hybridized carbons (Fsp3) is 0.350. The maximum Gasteiger partial charge on any atom is 0.261 e. The molecule has 0 heterocycles. The number of halogens is 1. The monoisotopic (exact) mass is 361 g/mol. The second-order valence-electron chi connectivity index (χ2n) is 5.92. The largest absolute Gasteiger partial charge is 0.496 e. The Labute approximate surface area is 154 Å². The molecule has 2 rings (SSSR count). The lowest BCUT2D eigenvalue weighted by molar-refractivity contribution is -0.128. The summed E-state index contributed by atoms with van der Waals surface area (Å²) in [6.45, 7) is 5.75. The maximum atomic E-state index is 12.5. The van der Waals surface area contributed by atoms with E-state index in [1.54, 1.807) is 38.3 Å². The molecule has 1 amide bonds. The van der Waals surface area contributed by atoms with Crippen LogP contribution in [0.3, 0.4) is 0 Å². The predicted molar refractivity (Wildman–Crippen MR) is 100 cm³/mol. The second kappa shape index (κ2) is 8.77. The van der Waals surface area contributed by atoms with Gasteiger partial charge >= 0.3 is 0 Å². The molecule has 25 heavy (non-hydrogen) atoms. The number of rotatable bonds is 7. The summed E-state index contributed by atoms with van der Waals surface area (Å²) in [4.78, 5) is 12.5. The van der Waals surface area contributed by atoms with Gasteiger partial charge in [-0.1, -0.05) is 36.7 Å². The highest BCUT2D eigenvalue weighted by molar-refractivity contribution is 6.30. The topological polar surface area (TPSA) is 47.6 Å². The number of hydrogen-bond donors (Lipinski definition) is 1. The van der Waals surface area contributed by atoms with Crippen molar-refractivity contribution in [3.8, 4) is 11.5 Å². The highest BCUT2D eigenvalue weighted by atomic mass is 35.5. The third-order valence-corrected chi connectivity index (χ3v) is 4.26. The van der Waals surface area contributed by atoms with E-state index < -0.39 is 6.10 Å². The molecule has 0 spiro atoms. The molecule has 5 heteroatoms. The Morgan fingerprint density at radius 3 is 2.60 bits per heavy atom. The van der Waals surface area contributed by atoms with Crippen LogP contribution in [0.1, 0.15) is 37.4 Å². The molecule has 0 radical (unpaired) electrons. The number of benzene rings is 2. The summed E-state index contributed by atoms with van der Waals surface area (Å²) < 4.78 is 11.0. The van der Waals surface area contributed by atoms with Gasteiger partial charge in [0.2, 0.25) is 0 Å². The lowest BCUT2D eigenvalue weighted by atomic mass is 10.0. The smallest absolute Gasteiger partial charge is 0.261 e. The van der Waals surface area contributed by atoms with Crippen molar-refractivity contribution < 1.29 is 14.3 Å². The zero-order valence-corrected chi connectivity index (χ0v) is 15.8. The van der Waals surface area contributed by atoms with Gasteiger partial charge in [0, 0.05) is 5.02 Å². The van der Waals surface area contributed by atoms with E-state index in [0.29, 0.717) is 10.8 Å². The Morgan fingerprint density at radius 2 is 2.00 bits per heavy atom. The van der Waals surface area contributed by atoms with E-state index in [1.165, 1.54) is 0 Å². The van der Waals surface area contributed by atoms with Gasteiger partial charge in [-0.15, -0.1) is 0 Å². The van der Waals surface area contributed by atoms with Crippen molar-refractivity contribution in [1.29, 1.82) is 0 Å². The highest BCUT2D eigenvalue weighted by Gasteiger charge is 2.20. The number of aryl methyl sites for hydroxylation is 1. The first-order valence-electron chi connectivity index (χ1n) is 8.31. The summed E-state index contributed by atoms with van der Waals surface area (Å²) >= 11 is 5.94. The normalized spacial score (nSPS) is 13.0. The fourth-order valence-corrected chi connectivity index (χ4v) is 2.81. The van der Waals surface area contributed by atoms with Gasteiger partial charge in [-0.2, -0.15) is 0 Å². The molecule has 0 saturated carbocycles. The zero-order valence-electron chi connectivity index (χ0n) is 15.0. The van der Waals surface area contributed by atoms with Crippen LogP contribution in [0.2, 0.25) is 5.02 Å². The van der Waals surface area contributed by atoms with Gasteiger partial charge in [0.15, 0.2) is 6.10 Å². The van der Waals surface area contributed by atoms with E-state index in [1.807, 2.05) is 32.0 Å². The first-order chi connectivity index (χ1) is 11.9. The van der Waals surface area contributed by atoms with Crippen LogP contribution >= 0.6 is 11.6 Å². The lowest BCUT2D eigenvalue weighted by Gasteiger charge is -2.22. The van der Waals surface area contributed by atoms with Crippen LogP contribution in [-0.4, -0.2) is 19.1 Å². The molecule has 0 aromatic heterocycles. The van der Waals surface area contributed by atoms with Crippen molar-refractivity contribution in [2.45, 2.75) is 39.3 Å². The Hall–Kier alpha value is -2.20. The van der Waals surface area contributed by atoms with Crippen molar-refractivity contribution in [3.63, 3.8) is 0 Å². The summed E-state index contributed by atoms with van der Waals surface area (Å²) in [5.74, 6) is 1.24. The van der Waals surface area contributed by atoms with Gasteiger partial charge in [-0.05, 0) is 55.7 Å². The molecule has 0 aliphatic rings. The number of hydrogen-bond acceptors (Lipinski definition) is 3. The quantitative estimate of drug-likeness (QED) is 0.778. The molecule has 0 aliphatic carbocycles. The lowest BCUT2D eigenvalue weighted by Crippen LogP contribution is -2.38. The van der Waals surface area contributed by atoms with E-state index in [2.05, 4.69) is 5.32 Å². The molecular formula is C20H24ClNO3. The van der Waals surface area contributed by atoms with Gasteiger partial charge in [0.1, 0.15) is 11.5 Å². The van der Waals surface area contributed by atoms with Gasteiger partial charge in [0.25, 0.3) is 5.91 Å². The van der Waals surface area contributed by atoms with Crippen LogP contribution in [0.4, 0.5) is 0 Å². The average Bonchev–Trinajstić information content (AvgIpc) is 2.59. The summed E-state index contributed by atoms with van der Waals surface area (Å²) in [6.07, 6.45) is 0.161. The molecular weight excluding hydrogens is 338 g/mol. The molecule has 2 aromatic carbocycles. The van der Waals surface area contributed by atoms with Crippen molar-refractivity contribution >= 4 is 17.5 Å². The van der Waals surface area contributed by atoms with Crippen molar-refractivity contribution in [2.24, 2.45) is 0 Å². The SMILES string of the molecule is CC[C@@H](NC(=O)[C@H](C)Oc1cccc(Cl)c1)c1ccc(OC)c(C)c1. The molecule has 2 aromatic rings. The number of carbonyl (C=O) groups is 1. The Bertz CT molecular complexity index is 733. The predicted octanol–water partition coefficient (Wildman–Crippen LogP) is 4.69. The van der Waals surface area contributed by atoms with Gasteiger partial charge in [-0.3, -0.25) is 4.79 Å². The Balaban J connectivity index is 2.04. The molecule has 1 N–H and O–H groups in total. The van der Waals surface area contributed by atoms with Crippen LogP contribution in [0.5, 0.6) is 11.5 Å².